The van der Waals surface area contributed by atoms with Gasteiger partial charge >= 0.3 is 17.9 Å². The standard InChI is InChI=1S/C70H124O6/c1-4-7-10-13-16-19-22-24-26-28-30-32-34-35-37-38-40-42-44-46-48-51-54-57-60-63-69(72)75-66-67(65-74-68(71)62-59-56-53-50-21-18-15-12-9-6-3)76-70(73)64-61-58-55-52-49-47-45-43-41-39-36-33-31-29-27-25-23-20-17-14-11-8-5-2/h8,11,17,20,25,27,31,33,39,41,45,47,67H,4-7,9-10,12-16,18-19,21-24,26,28-30,32,34-38,40,42-44,46,48-66H2,1-3H3/b11-8-,20-17-,27-25-,33-31-,41-39-,47-45-. The third-order valence-corrected chi connectivity index (χ3v) is 14.5. The lowest BCUT2D eigenvalue weighted by Gasteiger charge is -2.18. The average molecular weight is 1060 g/mol. The van der Waals surface area contributed by atoms with Crippen LogP contribution in [0.1, 0.15) is 335 Å². The summed E-state index contributed by atoms with van der Waals surface area (Å²) < 4.78 is 16.9. The predicted octanol–water partition coefficient (Wildman–Crippen LogP) is 22.5. The summed E-state index contributed by atoms with van der Waals surface area (Å²) in [6, 6.07) is 0. The van der Waals surface area contributed by atoms with Crippen molar-refractivity contribution in [2.45, 2.75) is 341 Å². The first-order chi connectivity index (χ1) is 37.5. The van der Waals surface area contributed by atoms with Crippen molar-refractivity contribution >= 4 is 17.9 Å². The monoisotopic (exact) mass is 1060 g/mol. The van der Waals surface area contributed by atoms with E-state index in [0.717, 1.165) is 109 Å². The second-order valence-corrected chi connectivity index (χ2v) is 22.0. The molecule has 0 aliphatic carbocycles. The number of ether oxygens (including phenoxy) is 3. The molecule has 0 heterocycles. The Morgan fingerprint density at radius 3 is 0.803 bits per heavy atom. The molecule has 0 aromatic rings. The Kier molecular flexibility index (Phi) is 61.7. The van der Waals surface area contributed by atoms with E-state index < -0.39 is 6.10 Å². The molecule has 0 saturated carbocycles. The van der Waals surface area contributed by atoms with Gasteiger partial charge in [0.2, 0.25) is 0 Å². The normalized spacial score (nSPS) is 12.5. The minimum atomic E-state index is -0.787. The van der Waals surface area contributed by atoms with Crippen molar-refractivity contribution in [3.05, 3.63) is 72.9 Å². The van der Waals surface area contributed by atoms with Crippen LogP contribution in [-0.4, -0.2) is 37.2 Å². The summed E-state index contributed by atoms with van der Waals surface area (Å²) in [6.07, 6.45) is 83.5. The summed E-state index contributed by atoms with van der Waals surface area (Å²) in [6.45, 7) is 6.54. The highest BCUT2D eigenvalue weighted by atomic mass is 16.6. The summed E-state index contributed by atoms with van der Waals surface area (Å²) >= 11 is 0. The fraction of sp³-hybridized carbons (Fsp3) is 0.786. The molecule has 6 nitrogen and oxygen atoms in total. The Hall–Kier alpha value is -3.15. The maximum Gasteiger partial charge on any atom is 0.306 e. The molecule has 0 fully saturated rings. The molecule has 0 aliphatic rings. The summed E-state index contributed by atoms with van der Waals surface area (Å²) in [5.74, 6) is -0.892. The number of allylic oxidation sites excluding steroid dienone is 12. The molecule has 0 radical (unpaired) electrons. The number of carbonyl (C=O) groups is 3. The van der Waals surface area contributed by atoms with Crippen LogP contribution in [0, 0.1) is 0 Å². The van der Waals surface area contributed by atoms with Gasteiger partial charge in [0, 0.05) is 19.3 Å². The highest BCUT2D eigenvalue weighted by molar-refractivity contribution is 5.71. The molecule has 1 unspecified atom stereocenters. The van der Waals surface area contributed by atoms with Crippen molar-refractivity contribution in [2.24, 2.45) is 0 Å². The lowest BCUT2D eigenvalue weighted by atomic mass is 10.0. The Labute approximate surface area is 472 Å². The fourth-order valence-electron chi connectivity index (χ4n) is 9.57. The van der Waals surface area contributed by atoms with Crippen LogP contribution in [0.15, 0.2) is 72.9 Å². The van der Waals surface area contributed by atoms with E-state index in [1.54, 1.807) is 0 Å². The fourth-order valence-corrected chi connectivity index (χ4v) is 9.57. The van der Waals surface area contributed by atoms with Gasteiger partial charge in [-0.15, -0.1) is 0 Å². The third kappa shape index (κ3) is 61.7. The SMILES string of the molecule is CC/C=C\C/C=C\C/C=C\C/C=C\C/C=C\C/C=C\CCCCCCC(=O)OC(COC(=O)CCCCCCCCCCCC)COC(=O)CCCCCCCCCCCCCCCCCCCCCCCCCCC. The number of rotatable bonds is 60. The Morgan fingerprint density at radius 1 is 0.276 bits per heavy atom. The van der Waals surface area contributed by atoms with Gasteiger partial charge in [-0.3, -0.25) is 14.4 Å². The van der Waals surface area contributed by atoms with Crippen LogP contribution < -0.4 is 0 Å². The first kappa shape index (κ1) is 72.8. The van der Waals surface area contributed by atoms with E-state index >= 15 is 0 Å². The smallest absolute Gasteiger partial charge is 0.306 e. The zero-order valence-corrected chi connectivity index (χ0v) is 50.5. The number of unbranched alkanes of at least 4 members (excludes halogenated alkanes) is 37. The zero-order chi connectivity index (χ0) is 55.0. The van der Waals surface area contributed by atoms with E-state index in [1.165, 1.54) is 186 Å². The topological polar surface area (TPSA) is 78.9 Å². The molecule has 0 saturated heterocycles. The highest BCUT2D eigenvalue weighted by Crippen LogP contribution is 2.18. The van der Waals surface area contributed by atoms with E-state index in [-0.39, 0.29) is 31.1 Å². The Balaban J connectivity index is 4.25. The number of esters is 3. The van der Waals surface area contributed by atoms with Crippen LogP contribution in [0.4, 0.5) is 0 Å². The minimum absolute atomic E-state index is 0.0818. The van der Waals surface area contributed by atoms with Crippen molar-refractivity contribution in [3.8, 4) is 0 Å². The summed E-state index contributed by atoms with van der Waals surface area (Å²) in [5.41, 5.74) is 0. The molecule has 1 atom stereocenters. The van der Waals surface area contributed by atoms with Crippen LogP contribution in [0.25, 0.3) is 0 Å². The molecule has 0 N–H and O–H groups in total. The quantitative estimate of drug-likeness (QED) is 0.0261. The van der Waals surface area contributed by atoms with E-state index in [1.807, 2.05) is 0 Å². The van der Waals surface area contributed by atoms with Crippen molar-refractivity contribution in [2.75, 3.05) is 13.2 Å². The molecule has 0 aromatic heterocycles. The predicted molar refractivity (Wildman–Crippen MR) is 330 cm³/mol. The van der Waals surface area contributed by atoms with Crippen LogP contribution in [0.3, 0.4) is 0 Å². The lowest BCUT2D eigenvalue weighted by molar-refractivity contribution is -0.167. The summed E-state index contributed by atoms with van der Waals surface area (Å²) in [7, 11) is 0. The Bertz CT molecular complexity index is 1400. The first-order valence-corrected chi connectivity index (χ1v) is 32.9. The summed E-state index contributed by atoms with van der Waals surface area (Å²) in [4.78, 5) is 38.2. The van der Waals surface area contributed by atoms with Gasteiger partial charge in [0.25, 0.3) is 0 Å². The van der Waals surface area contributed by atoms with Crippen LogP contribution in [-0.2, 0) is 28.6 Å². The van der Waals surface area contributed by atoms with Gasteiger partial charge in [-0.2, -0.15) is 0 Å². The van der Waals surface area contributed by atoms with Crippen molar-refractivity contribution < 1.29 is 28.6 Å². The number of carbonyl (C=O) groups excluding carboxylic acids is 3. The third-order valence-electron chi connectivity index (χ3n) is 14.5. The second kappa shape index (κ2) is 64.4. The lowest BCUT2D eigenvalue weighted by Crippen LogP contribution is -2.30. The van der Waals surface area contributed by atoms with Crippen LogP contribution in [0.5, 0.6) is 0 Å². The maximum atomic E-state index is 12.9. The molecule has 0 aliphatic heterocycles. The molecule has 0 spiro atoms. The molecular formula is C70H124O6. The van der Waals surface area contributed by atoms with Gasteiger partial charge < -0.3 is 14.2 Å². The van der Waals surface area contributed by atoms with E-state index in [9.17, 15) is 14.4 Å². The van der Waals surface area contributed by atoms with Crippen molar-refractivity contribution in [3.63, 3.8) is 0 Å². The van der Waals surface area contributed by atoms with E-state index in [4.69, 9.17) is 14.2 Å². The van der Waals surface area contributed by atoms with Gasteiger partial charge in [0.15, 0.2) is 6.10 Å². The van der Waals surface area contributed by atoms with Gasteiger partial charge in [-0.1, -0.05) is 318 Å². The van der Waals surface area contributed by atoms with Crippen molar-refractivity contribution in [1.82, 2.24) is 0 Å². The van der Waals surface area contributed by atoms with E-state index in [0.29, 0.717) is 19.3 Å². The van der Waals surface area contributed by atoms with Gasteiger partial charge in [-0.05, 0) is 70.6 Å². The van der Waals surface area contributed by atoms with Crippen LogP contribution in [0.2, 0.25) is 0 Å². The van der Waals surface area contributed by atoms with Gasteiger partial charge in [0.1, 0.15) is 13.2 Å². The molecular weight excluding hydrogens is 937 g/mol. The zero-order valence-electron chi connectivity index (χ0n) is 50.5. The number of hydrogen-bond acceptors (Lipinski definition) is 6. The maximum absolute atomic E-state index is 12.9. The highest BCUT2D eigenvalue weighted by Gasteiger charge is 2.19. The molecule has 0 rings (SSSR count). The summed E-state index contributed by atoms with van der Waals surface area (Å²) in [5, 5.41) is 0. The molecule has 76 heavy (non-hydrogen) atoms. The Morgan fingerprint density at radius 2 is 0.513 bits per heavy atom. The van der Waals surface area contributed by atoms with Gasteiger partial charge in [-0.25, -0.2) is 0 Å². The molecule has 0 aromatic carbocycles. The molecule has 0 amide bonds. The molecule has 440 valence electrons. The molecule has 6 heteroatoms. The molecule has 0 bridgehead atoms. The second-order valence-electron chi connectivity index (χ2n) is 22.0. The van der Waals surface area contributed by atoms with Gasteiger partial charge in [0.05, 0.1) is 0 Å². The minimum Gasteiger partial charge on any atom is -0.462 e. The average Bonchev–Trinajstić information content (AvgIpc) is 3.42. The van der Waals surface area contributed by atoms with Crippen LogP contribution >= 0.6 is 0 Å². The van der Waals surface area contributed by atoms with Crippen molar-refractivity contribution in [1.29, 1.82) is 0 Å². The van der Waals surface area contributed by atoms with E-state index in [2.05, 4.69) is 93.7 Å². The largest absolute Gasteiger partial charge is 0.462 e. The first-order valence-electron chi connectivity index (χ1n) is 32.9. The number of hydrogen-bond donors (Lipinski definition) is 0.